The van der Waals surface area contributed by atoms with E-state index < -0.39 is 11.7 Å². The van der Waals surface area contributed by atoms with Gasteiger partial charge in [0, 0.05) is 19.2 Å². The number of anilines is 1. The highest BCUT2D eigenvalue weighted by Crippen LogP contribution is 2.37. The third-order valence-corrected chi connectivity index (χ3v) is 6.03. The van der Waals surface area contributed by atoms with Crippen molar-refractivity contribution in [2.75, 3.05) is 18.1 Å². The molecule has 0 bridgehead atoms. The fraction of sp³-hybridized carbons (Fsp3) is 0.185. The van der Waals surface area contributed by atoms with Crippen LogP contribution in [-0.2, 0) is 22.6 Å². The first-order valence-corrected chi connectivity index (χ1v) is 11.0. The van der Waals surface area contributed by atoms with E-state index in [0.717, 1.165) is 12.0 Å². The van der Waals surface area contributed by atoms with E-state index in [2.05, 4.69) is 6.07 Å². The number of amides is 2. The molecule has 0 aromatic heterocycles. The quantitative estimate of drug-likeness (QED) is 0.544. The summed E-state index contributed by atoms with van der Waals surface area (Å²) in [6.45, 7) is 3.49. The Balaban J connectivity index is 1.60. The monoisotopic (exact) mass is 442 g/mol. The number of rotatable bonds is 5. The summed E-state index contributed by atoms with van der Waals surface area (Å²) in [6, 6.07) is 20.8. The summed E-state index contributed by atoms with van der Waals surface area (Å²) >= 11 is 0. The molecular formula is C27H23FN2O3. The van der Waals surface area contributed by atoms with E-state index in [4.69, 9.17) is 4.74 Å². The first-order chi connectivity index (χ1) is 16.1. The summed E-state index contributed by atoms with van der Waals surface area (Å²) in [4.78, 5) is 30.6. The zero-order chi connectivity index (χ0) is 22.9. The van der Waals surface area contributed by atoms with Crippen LogP contribution in [0.4, 0.5) is 10.1 Å². The Morgan fingerprint density at radius 3 is 2.42 bits per heavy atom. The lowest BCUT2D eigenvalue weighted by Crippen LogP contribution is -2.37. The minimum absolute atomic E-state index is 0.293. The molecule has 5 nitrogen and oxygen atoms in total. The number of halogens is 1. The van der Waals surface area contributed by atoms with E-state index >= 15 is 0 Å². The predicted molar refractivity (Wildman–Crippen MR) is 124 cm³/mol. The Morgan fingerprint density at radius 2 is 1.67 bits per heavy atom. The summed E-state index contributed by atoms with van der Waals surface area (Å²) in [5, 5.41) is 0. The molecule has 0 unspecified atom stereocenters. The molecule has 0 saturated carbocycles. The van der Waals surface area contributed by atoms with Crippen LogP contribution in [0, 0.1) is 5.82 Å². The van der Waals surface area contributed by atoms with Crippen LogP contribution in [0.25, 0.3) is 5.57 Å². The normalized spacial score (nSPS) is 15.8. The number of nitrogens with zero attached hydrogens (tertiary/aromatic N) is 2. The smallest absolute Gasteiger partial charge is 0.282 e. The molecule has 2 aliphatic rings. The van der Waals surface area contributed by atoms with Gasteiger partial charge < -0.3 is 9.64 Å². The van der Waals surface area contributed by atoms with Crippen LogP contribution in [0.2, 0.25) is 0 Å². The van der Waals surface area contributed by atoms with Crippen LogP contribution in [0.15, 0.2) is 78.5 Å². The summed E-state index contributed by atoms with van der Waals surface area (Å²) < 4.78 is 19.2. The number of ether oxygens (including phenoxy) is 1. The first-order valence-electron chi connectivity index (χ1n) is 11.0. The van der Waals surface area contributed by atoms with E-state index in [1.54, 1.807) is 36.4 Å². The second-order valence-corrected chi connectivity index (χ2v) is 8.05. The molecule has 0 N–H and O–H groups in total. The van der Waals surface area contributed by atoms with Gasteiger partial charge in [0.25, 0.3) is 11.8 Å². The molecule has 6 heteroatoms. The maximum absolute atomic E-state index is 13.7. The second kappa shape index (κ2) is 8.54. The largest absolute Gasteiger partial charge is 0.494 e. The van der Waals surface area contributed by atoms with Gasteiger partial charge in [0.05, 0.1) is 17.9 Å². The number of benzene rings is 3. The minimum Gasteiger partial charge on any atom is -0.494 e. The Labute approximate surface area is 191 Å². The molecule has 0 saturated heterocycles. The van der Waals surface area contributed by atoms with Gasteiger partial charge in [0.15, 0.2) is 0 Å². The molecule has 0 aliphatic carbocycles. The molecule has 0 radical (unpaired) electrons. The maximum atomic E-state index is 13.7. The molecule has 2 aliphatic heterocycles. The Kier molecular flexibility index (Phi) is 5.42. The number of carbonyl (C=O) groups is 2. The highest BCUT2D eigenvalue weighted by atomic mass is 19.1. The van der Waals surface area contributed by atoms with Crippen LogP contribution >= 0.6 is 0 Å². The third-order valence-electron chi connectivity index (χ3n) is 6.03. The maximum Gasteiger partial charge on any atom is 0.282 e. The van der Waals surface area contributed by atoms with Crippen LogP contribution in [0.1, 0.15) is 23.6 Å². The van der Waals surface area contributed by atoms with E-state index in [1.165, 1.54) is 22.6 Å². The average Bonchev–Trinajstić information content (AvgIpc) is 3.09. The number of imide groups is 1. The van der Waals surface area contributed by atoms with Crippen molar-refractivity contribution in [2.24, 2.45) is 0 Å². The first kappa shape index (κ1) is 20.9. The van der Waals surface area contributed by atoms with Gasteiger partial charge in [0.1, 0.15) is 17.3 Å². The highest BCUT2D eigenvalue weighted by molar-refractivity contribution is 6.45. The standard InChI is InChI=1S/C27H23FN2O3/c1-2-33-23-9-5-8-22(16-23)30-26(31)24(19-10-12-21(28)13-11-19)25(27(30)32)29-15-14-18-6-3-4-7-20(18)17-29/h3-13,16H,2,14-15,17H2,1H3. The molecule has 2 heterocycles. The Morgan fingerprint density at radius 1 is 0.909 bits per heavy atom. The number of hydrogen-bond donors (Lipinski definition) is 0. The van der Waals surface area contributed by atoms with Crippen molar-refractivity contribution in [1.82, 2.24) is 4.90 Å². The zero-order valence-corrected chi connectivity index (χ0v) is 18.3. The van der Waals surface area contributed by atoms with Crippen molar-refractivity contribution < 1.29 is 18.7 Å². The van der Waals surface area contributed by atoms with Gasteiger partial charge in [-0.1, -0.05) is 42.5 Å². The lowest BCUT2D eigenvalue weighted by molar-refractivity contribution is -0.120. The van der Waals surface area contributed by atoms with Crippen molar-refractivity contribution >= 4 is 23.1 Å². The summed E-state index contributed by atoms with van der Waals surface area (Å²) in [7, 11) is 0. The molecule has 0 fully saturated rings. The van der Waals surface area contributed by atoms with Gasteiger partial charge in [0.2, 0.25) is 0 Å². The van der Waals surface area contributed by atoms with Crippen LogP contribution in [0.3, 0.4) is 0 Å². The SMILES string of the molecule is CCOc1cccc(N2C(=O)C(c3ccc(F)cc3)=C(N3CCc4ccccc4C3)C2=O)c1. The van der Waals surface area contributed by atoms with Crippen molar-refractivity contribution in [3.05, 3.63) is 101 Å². The Hall–Kier alpha value is -3.93. The summed E-state index contributed by atoms with van der Waals surface area (Å²) in [6.07, 6.45) is 0.775. The van der Waals surface area contributed by atoms with Crippen LogP contribution < -0.4 is 9.64 Å². The number of fused-ring (bicyclic) bond motifs is 1. The average molecular weight is 442 g/mol. The Bertz CT molecular complexity index is 1270. The van der Waals surface area contributed by atoms with Crippen molar-refractivity contribution in [2.45, 2.75) is 19.9 Å². The molecule has 3 aromatic carbocycles. The van der Waals surface area contributed by atoms with Crippen molar-refractivity contribution in [3.63, 3.8) is 0 Å². The lowest BCUT2D eigenvalue weighted by Gasteiger charge is -2.31. The van der Waals surface area contributed by atoms with Gasteiger partial charge in [-0.05, 0) is 54.3 Å². The van der Waals surface area contributed by atoms with Gasteiger partial charge in [-0.25, -0.2) is 9.29 Å². The molecule has 0 spiro atoms. The minimum atomic E-state index is -0.422. The van der Waals surface area contributed by atoms with E-state index in [0.29, 0.717) is 48.0 Å². The lowest BCUT2D eigenvalue weighted by atomic mass is 9.98. The second-order valence-electron chi connectivity index (χ2n) is 8.05. The molecule has 5 rings (SSSR count). The van der Waals surface area contributed by atoms with Crippen molar-refractivity contribution in [3.8, 4) is 5.75 Å². The molecule has 3 aromatic rings. The summed E-state index contributed by atoms with van der Waals surface area (Å²) in [5.41, 5.74) is 3.99. The topological polar surface area (TPSA) is 49.9 Å². The van der Waals surface area contributed by atoms with E-state index in [1.807, 2.05) is 30.0 Å². The van der Waals surface area contributed by atoms with Crippen molar-refractivity contribution in [1.29, 1.82) is 0 Å². The van der Waals surface area contributed by atoms with Gasteiger partial charge in [-0.3, -0.25) is 9.59 Å². The van der Waals surface area contributed by atoms with Gasteiger partial charge in [-0.15, -0.1) is 0 Å². The third kappa shape index (κ3) is 3.78. The number of carbonyl (C=O) groups excluding carboxylic acids is 2. The summed E-state index contributed by atoms with van der Waals surface area (Å²) in [5.74, 6) is -0.619. The van der Waals surface area contributed by atoms with Crippen LogP contribution in [-0.4, -0.2) is 29.9 Å². The highest BCUT2D eigenvalue weighted by Gasteiger charge is 2.43. The van der Waals surface area contributed by atoms with Crippen LogP contribution in [0.5, 0.6) is 5.75 Å². The van der Waals surface area contributed by atoms with E-state index in [9.17, 15) is 14.0 Å². The molecule has 2 amide bonds. The molecule has 166 valence electrons. The molecular weight excluding hydrogens is 419 g/mol. The van der Waals surface area contributed by atoms with Gasteiger partial charge >= 0.3 is 0 Å². The fourth-order valence-corrected chi connectivity index (χ4v) is 4.49. The molecule has 33 heavy (non-hydrogen) atoms. The zero-order valence-electron chi connectivity index (χ0n) is 18.3. The van der Waals surface area contributed by atoms with Gasteiger partial charge in [-0.2, -0.15) is 0 Å². The number of hydrogen-bond acceptors (Lipinski definition) is 4. The predicted octanol–water partition coefficient (Wildman–Crippen LogP) is 4.57. The molecule has 0 atom stereocenters. The fourth-order valence-electron chi connectivity index (χ4n) is 4.49. The van der Waals surface area contributed by atoms with E-state index in [-0.39, 0.29) is 5.91 Å².